The molecule has 0 bridgehead atoms. The number of phenols is 1. The number of halogens is 1. The molecule has 2 N–H and O–H groups in total. The maximum Gasteiger partial charge on any atom is 0.314 e. The number of methoxy groups -OCH3 is 1. The molecule has 0 saturated heterocycles. The lowest BCUT2D eigenvalue weighted by molar-refractivity contribution is -0.147. The van der Waals surface area contributed by atoms with Crippen LogP contribution in [0.3, 0.4) is 0 Å². The average Bonchev–Trinajstić information content (AvgIpc) is 2.23. The lowest BCUT2D eigenvalue weighted by Crippen LogP contribution is -2.42. The lowest BCUT2D eigenvalue weighted by atomic mass is 9.64. The van der Waals surface area contributed by atoms with E-state index in [2.05, 4.69) is 0 Å². The Morgan fingerprint density at radius 1 is 1.50 bits per heavy atom. The van der Waals surface area contributed by atoms with Gasteiger partial charge >= 0.3 is 5.97 Å². The second-order valence-electron chi connectivity index (χ2n) is 4.65. The zero-order valence-corrected chi connectivity index (χ0v) is 11.0. The number of carboxylic acids is 1. The van der Waals surface area contributed by atoms with Gasteiger partial charge in [-0.25, -0.2) is 0 Å². The summed E-state index contributed by atoms with van der Waals surface area (Å²) < 4.78 is 5.10. The van der Waals surface area contributed by atoms with Crippen molar-refractivity contribution >= 4 is 17.6 Å². The summed E-state index contributed by atoms with van der Waals surface area (Å²) in [6.45, 7) is 1.66. The van der Waals surface area contributed by atoms with E-state index in [9.17, 15) is 15.0 Å². The van der Waals surface area contributed by atoms with Gasteiger partial charge in [0.2, 0.25) is 0 Å². The van der Waals surface area contributed by atoms with E-state index in [4.69, 9.17) is 16.3 Å². The molecule has 0 spiro atoms. The second kappa shape index (κ2) is 4.35. The van der Waals surface area contributed by atoms with Gasteiger partial charge in [-0.05, 0) is 25.8 Å². The lowest BCUT2D eigenvalue weighted by Gasteiger charge is -2.38. The molecule has 0 aromatic heterocycles. The fourth-order valence-electron chi connectivity index (χ4n) is 2.49. The molecule has 18 heavy (non-hydrogen) atoms. The first-order valence-corrected chi connectivity index (χ1v) is 6.12. The van der Waals surface area contributed by atoms with E-state index in [1.165, 1.54) is 13.2 Å². The highest BCUT2D eigenvalue weighted by atomic mass is 35.5. The number of ether oxygens (including phenoxy) is 1. The van der Waals surface area contributed by atoms with Crippen LogP contribution in [0.1, 0.15) is 30.4 Å². The molecule has 1 aliphatic carbocycles. The van der Waals surface area contributed by atoms with Gasteiger partial charge in [-0.2, -0.15) is 0 Å². The number of phenolic OH excluding ortho intramolecular Hbond substituents is 1. The van der Waals surface area contributed by atoms with Crippen LogP contribution in [-0.4, -0.2) is 23.3 Å². The van der Waals surface area contributed by atoms with Crippen LogP contribution in [0.2, 0.25) is 5.02 Å². The Balaban J connectivity index is 2.62. The average molecular weight is 271 g/mol. The predicted octanol–water partition coefficient (Wildman–Crippen LogP) is 2.87. The molecule has 0 amide bonds. The standard InChI is InChI=1S/C13H15ClO4/c1-7-10(15)8(6-9(14)11(7)18-2)13(12(16)17)4-3-5-13/h6,15H,3-5H2,1-2H3,(H,16,17). The van der Waals surface area contributed by atoms with Crippen molar-refractivity contribution < 1.29 is 19.7 Å². The van der Waals surface area contributed by atoms with Gasteiger partial charge in [0.15, 0.2) is 0 Å². The number of aromatic hydroxyl groups is 1. The van der Waals surface area contributed by atoms with E-state index in [0.29, 0.717) is 34.7 Å². The summed E-state index contributed by atoms with van der Waals surface area (Å²) in [7, 11) is 1.46. The second-order valence-corrected chi connectivity index (χ2v) is 5.06. The van der Waals surface area contributed by atoms with E-state index in [-0.39, 0.29) is 5.75 Å². The molecular formula is C13H15ClO4. The smallest absolute Gasteiger partial charge is 0.314 e. The van der Waals surface area contributed by atoms with Gasteiger partial charge < -0.3 is 14.9 Å². The predicted molar refractivity (Wildman–Crippen MR) is 67.6 cm³/mol. The molecular weight excluding hydrogens is 256 g/mol. The third-order valence-corrected chi connectivity index (χ3v) is 4.06. The number of rotatable bonds is 3. The number of carbonyl (C=O) groups is 1. The molecule has 0 radical (unpaired) electrons. The molecule has 5 heteroatoms. The van der Waals surface area contributed by atoms with E-state index >= 15 is 0 Å². The molecule has 0 heterocycles. The third kappa shape index (κ3) is 1.63. The van der Waals surface area contributed by atoms with E-state index in [1.54, 1.807) is 6.92 Å². The van der Waals surface area contributed by atoms with Gasteiger partial charge in [0.05, 0.1) is 17.5 Å². The summed E-state index contributed by atoms with van der Waals surface area (Å²) in [6, 6.07) is 1.51. The number of hydrogen-bond acceptors (Lipinski definition) is 3. The molecule has 0 atom stereocenters. The summed E-state index contributed by atoms with van der Waals surface area (Å²) >= 11 is 6.07. The van der Waals surface area contributed by atoms with Crippen LogP contribution in [0.5, 0.6) is 11.5 Å². The van der Waals surface area contributed by atoms with Gasteiger partial charge in [0, 0.05) is 11.1 Å². The largest absolute Gasteiger partial charge is 0.507 e. The minimum Gasteiger partial charge on any atom is -0.507 e. The SMILES string of the molecule is COc1c(Cl)cc(C2(C(=O)O)CCC2)c(O)c1C. The summed E-state index contributed by atoms with van der Waals surface area (Å²) in [6.07, 6.45) is 1.89. The topological polar surface area (TPSA) is 66.8 Å². The van der Waals surface area contributed by atoms with Crippen molar-refractivity contribution in [3.63, 3.8) is 0 Å². The van der Waals surface area contributed by atoms with Crippen LogP contribution in [-0.2, 0) is 10.2 Å². The quantitative estimate of drug-likeness (QED) is 0.886. The molecule has 98 valence electrons. The number of aliphatic carboxylic acids is 1. The van der Waals surface area contributed by atoms with Crippen LogP contribution < -0.4 is 4.74 Å². The minimum atomic E-state index is -0.995. The fourth-order valence-corrected chi connectivity index (χ4v) is 2.82. The first-order valence-electron chi connectivity index (χ1n) is 5.74. The number of hydrogen-bond donors (Lipinski definition) is 2. The van der Waals surface area contributed by atoms with E-state index < -0.39 is 11.4 Å². The first-order chi connectivity index (χ1) is 8.44. The molecule has 1 aliphatic rings. The normalized spacial score (nSPS) is 17.1. The summed E-state index contributed by atoms with van der Waals surface area (Å²) in [4.78, 5) is 11.4. The molecule has 1 aromatic carbocycles. The highest BCUT2D eigenvalue weighted by Crippen LogP contribution is 2.50. The Labute approximate surface area is 110 Å². The van der Waals surface area contributed by atoms with Crippen molar-refractivity contribution in [1.82, 2.24) is 0 Å². The molecule has 0 aliphatic heterocycles. The van der Waals surface area contributed by atoms with Gasteiger partial charge in [-0.3, -0.25) is 4.79 Å². The number of benzene rings is 1. The molecule has 0 unspecified atom stereocenters. The summed E-state index contributed by atoms with van der Waals surface area (Å²) in [5, 5.41) is 19.9. The van der Waals surface area contributed by atoms with E-state index in [0.717, 1.165) is 6.42 Å². The van der Waals surface area contributed by atoms with Crippen molar-refractivity contribution in [3.8, 4) is 11.5 Å². The molecule has 1 saturated carbocycles. The van der Waals surface area contributed by atoms with Crippen molar-refractivity contribution in [2.75, 3.05) is 7.11 Å². The van der Waals surface area contributed by atoms with Crippen LogP contribution in [0, 0.1) is 6.92 Å². The van der Waals surface area contributed by atoms with Crippen LogP contribution in [0.15, 0.2) is 6.07 Å². The Morgan fingerprint density at radius 2 is 2.11 bits per heavy atom. The summed E-state index contributed by atoms with van der Waals surface area (Å²) in [5.74, 6) is -0.555. The zero-order valence-electron chi connectivity index (χ0n) is 10.3. The van der Waals surface area contributed by atoms with Crippen molar-refractivity contribution in [2.24, 2.45) is 0 Å². The van der Waals surface area contributed by atoms with Crippen LogP contribution in [0.25, 0.3) is 0 Å². The summed E-state index contributed by atoms with van der Waals surface area (Å²) in [5.41, 5.74) is -0.123. The molecule has 1 aromatic rings. The van der Waals surface area contributed by atoms with Gasteiger partial charge in [0.1, 0.15) is 11.5 Å². The fraction of sp³-hybridized carbons (Fsp3) is 0.462. The zero-order chi connectivity index (χ0) is 13.5. The highest BCUT2D eigenvalue weighted by molar-refractivity contribution is 6.32. The van der Waals surface area contributed by atoms with Crippen molar-refractivity contribution in [3.05, 3.63) is 22.2 Å². The van der Waals surface area contributed by atoms with Crippen molar-refractivity contribution in [2.45, 2.75) is 31.6 Å². The maximum absolute atomic E-state index is 11.4. The van der Waals surface area contributed by atoms with Crippen LogP contribution >= 0.6 is 11.6 Å². The van der Waals surface area contributed by atoms with Gasteiger partial charge in [0.25, 0.3) is 0 Å². The highest BCUT2D eigenvalue weighted by Gasteiger charge is 2.48. The molecule has 4 nitrogen and oxygen atoms in total. The van der Waals surface area contributed by atoms with Gasteiger partial charge in [-0.1, -0.05) is 18.0 Å². The van der Waals surface area contributed by atoms with Gasteiger partial charge in [-0.15, -0.1) is 0 Å². The third-order valence-electron chi connectivity index (χ3n) is 3.78. The molecule has 2 rings (SSSR count). The maximum atomic E-state index is 11.4. The Hall–Kier alpha value is -1.42. The Bertz CT molecular complexity index is 506. The monoisotopic (exact) mass is 270 g/mol. The number of carboxylic acid groups (broad SMARTS) is 1. The van der Waals surface area contributed by atoms with Crippen molar-refractivity contribution in [1.29, 1.82) is 0 Å². The van der Waals surface area contributed by atoms with Crippen LogP contribution in [0.4, 0.5) is 0 Å². The Kier molecular flexibility index (Phi) is 3.15. The van der Waals surface area contributed by atoms with E-state index in [1.807, 2.05) is 0 Å². The first kappa shape index (κ1) is 13.0. The minimum absolute atomic E-state index is 0.0293. The molecule has 1 fully saturated rings. The Morgan fingerprint density at radius 3 is 2.50 bits per heavy atom.